The molecule has 0 saturated carbocycles. The highest BCUT2D eigenvalue weighted by atomic mass is 127. The summed E-state index contributed by atoms with van der Waals surface area (Å²) in [5.41, 5.74) is 0.121. The van der Waals surface area contributed by atoms with Crippen LogP contribution in [-0.4, -0.2) is 74.5 Å². The molecule has 3 heterocycles. The van der Waals surface area contributed by atoms with Gasteiger partial charge in [0.05, 0.1) is 0 Å². The number of carbonyl (C=O) groups excluding carboxylic acids is 1. The van der Waals surface area contributed by atoms with E-state index < -0.39 is 0 Å². The number of carbonyl (C=O) groups is 1. The molecule has 144 valence electrons. The van der Waals surface area contributed by atoms with Gasteiger partial charge in [0.2, 0.25) is 5.91 Å². The summed E-state index contributed by atoms with van der Waals surface area (Å²) in [5.74, 6) is 2.09. The predicted octanol–water partition coefficient (Wildman–Crippen LogP) is 1.51. The average Bonchev–Trinajstić information content (AvgIpc) is 2.93. The Morgan fingerprint density at radius 2 is 2.12 bits per heavy atom. The van der Waals surface area contributed by atoms with Crippen molar-refractivity contribution in [1.29, 1.82) is 0 Å². The molecule has 3 aliphatic rings. The molecule has 6 nitrogen and oxygen atoms in total. The minimum Gasteiger partial charge on any atom is -0.355 e. The molecular formula is C18H34IN5O. The van der Waals surface area contributed by atoms with E-state index in [0.29, 0.717) is 6.42 Å². The number of aliphatic imine (C=N–C) groups is 1. The SMILES string of the molecule is CN=C(NCCN1CCC(C)CC1)N1CCCC2(CNC(=O)C2)C1.I. The zero-order valence-electron chi connectivity index (χ0n) is 15.7. The molecule has 0 aromatic carbocycles. The Labute approximate surface area is 169 Å². The van der Waals surface area contributed by atoms with E-state index in [2.05, 4.69) is 32.3 Å². The molecule has 0 bridgehead atoms. The van der Waals surface area contributed by atoms with Gasteiger partial charge in [0.15, 0.2) is 5.96 Å². The maximum atomic E-state index is 11.7. The summed E-state index contributed by atoms with van der Waals surface area (Å²) in [7, 11) is 1.87. The number of halogens is 1. The van der Waals surface area contributed by atoms with E-state index in [1.165, 1.54) is 25.9 Å². The zero-order valence-corrected chi connectivity index (χ0v) is 18.1. The molecule has 1 spiro atoms. The van der Waals surface area contributed by atoms with Gasteiger partial charge in [0, 0.05) is 51.6 Å². The van der Waals surface area contributed by atoms with E-state index in [0.717, 1.165) is 57.4 Å². The molecule has 1 amide bonds. The molecule has 1 unspecified atom stereocenters. The monoisotopic (exact) mass is 463 g/mol. The van der Waals surface area contributed by atoms with Gasteiger partial charge in [-0.15, -0.1) is 24.0 Å². The maximum absolute atomic E-state index is 11.7. The number of likely N-dealkylation sites (tertiary alicyclic amines) is 2. The second kappa shape index (κ2) is 9.39. The third kappa shape index (κ3) is 5.45. The maximum Gasteiger partial charge on any atom is 0.220 e. The third-order valence-corrected chi connectivity index (χ3v) is 5.96. The van der Waals surface area contributed by atoms with Gasteiger partial charge >= 0.3 is 0 Å². The summed E-state index contributed by atoms with van der Waals surface area (Å²) in [6.45, 7) is 9.64. The van der Waals surface area contributed by atoms with Crippen LogP contribution < -0.4 is 10.6 Å². The molecular weight excluding hydrogens is 429 g/mol. The van der Waals surface area contributed by atoms with Gasteiger partial charge in [-0.1, -0.05) is 6.92 Å². The first-order valence-electron chi connectivity index (χ1n) is 9.55. The van der Waals surface area contributed by atoms with E-state index in [4.69, 9.17) is 0 Å². The van der Waals surface area contributed by atoms with Crippen molar-refractivity contribution in [2.45, 2.75) is 39.0 Å². The van der Waals surface area contributed by atoms with Gasteiger partial charge < -0.3 is 20.4 Å². The fourth-order valence-electron chi connectivity index (χ4n) is 4.37. The molecule has 25 heavy (non-hydrogen) atoms. The Bertz CT molecular complexity index is 478. The summed E-state index contributed by atoms with van der Waals surface area (Å²) in [4.78, 5) is 21.0. The first-order valence-corrected chi connectivity index (χ1v) is 9.55. The molecule has 0 aliphatic carbocycles. The Morgan fingerprint density at radius 3 is 2.76 bits per heavy atom. The van der Waals surface area contributed by atoms with Crippen LogP contribution in [0.5, 0.6) is 0 Å². The number of hydrogen-bond acceptors (Lipinski definition) is 3. The lowest BCUT2D eigenvalue weighted by Gasteiger charge is -2.41. The van der Waals surface area contributed by atoms with Crippen molar-refractivity contribution in [3.8, 4) is 0 Å². The van der Waals surface area contributed by atoms with Crippen molar-refractivity contribution < 1.29 is 4.79 Å². The van der Waals surface area contributed by atoms with E-state index >= 15 is 0 Å². The van der Waals surface area contributed by atoms with Gasteiger partial charge in [-0.05, 0) is 44.7 Å². The number of rotatable bonds is 3. The lowest BCUT2D eigenvalue weighted by molar-refractivity contribution is -0.119. The number of hydrogen-bond donors (Lipinski definition) is 2. The zero-order chi connectivity index (χ0) is 17.0. The van der Waals surface area contributed by atoms with Crippen molar-refractivity contribution in [2.24, 2.45) is 16.3 Å². The van der Waals surface area contributed by atoms with Gasteiger partial charge in [-0.2, -0.15) is 0 Å². The molecule has 3 fully saturated rings. The summed E-state index contributed by atoms with van der Waals surface area (Å²) >= 11 is 0. The van der Waals surface area contributed by atoms with Gasteiger partial charge in [-0.3, -0.25) is 9.79 Å². The molecule has 0 radical (unpaired) electrons. The first kappa shape index (κ1) is 20.7. The van der Waals surface area contributed by atoms with Crippen LogP contribution in [0.1, 0.15) is 39.0 Å². The Kier molecular flexibility index (Phi) is 7.79. The predicted molar refractivity (Wildman–Crippen MR) is 112 cm³/mol. The molecule has 1 atom stereocenters. The topological polar surface area (TPSA) is 60.0 Å². The number of nitrogens with one attached hydrogen (secondary N) is 2. The van der Waals surface area contributed by atoms with Crippen LogP contribution in [-0.2, 0) is 4.79 Å². The quantitative estimate of drug-likeness (QED) is 0.379. The van der Waals surface area contributed by atoms with Crippen LogP contribution in [0.25, 0.3) is 0 Å². The van der Waals surface area contributed by atoms with Crippen molar-refractivity contribution in [3.63, 3.8) is 0 Å². The number of piperidine rings is 2. The van der Waals surface area contributed by atoms with Gasteiger partial charge in [-0.25, -0.2) is 0 Å². The minimum atomic E-state index is 0. The molecule has 7 heteroatoms. The van der Waals surface area contributed by atoms with Crippen LogP contribution in [0.4, 0.5) is 0 Å². The Balaban J connectivity index is 0.00000225. The Hall–Kier alpha value is -0.570. The molecule has 3 saturated heterocycles. The van der Waals surface area contributed by atoms with Crippen molar-refractivity contribution in [3.05, 3.63) is 0 Å². The fourth-order valence-corrected chi connectivity index (χ4v) is 4.37. The highest BCUT2D eigenvalue weighted by Crippen LogP contribution is 2.35. The molecule has 0 aromatic rings. The standard InChI is InChI=1S/C18H33N5O.HI/c1-15-4-9-22(10-5-15)11-7-20-17(19-2)23-8-3-6-18(14-23)12-16(24)21-13-18;/h15H,3-14H2,1-2H3,(H,19,20)(H,21,24);1H. The lowest BCUT2D eigenvalue weighted by Crippen LogP contribution is -2.52. The van der Waals surface area contributed by atoms with E-state index in [1.54, 1.807) is 0 Å². The third-order valence-electron chi connectivity index (χ3n) is 5.96. The molecule has 0 aromatic heterocycles. The second-order valence-corrected chi connectivity index (χ2v) is 7.98. The highest BCUT2D eigenvalue weighted by molar-refractivity contribution is 14.0. The van der Waals surface area contributed by atoms with E-state index in [9.17, 15) is 4.79 Å². The van der Waals surface area contributed by atoms with Crippen LogP contribution in [0, 0.1) is 11.3 Å². The second-order valence-electron chi connectivity index (χ2n) is 7.98. The van der Waals surface area contributed by atoms with Gasteiger partial charge in [0.25, 0.3) is 0 Å². The summed E-state index contributed by atoms with van der Waals surface area (Å²) in [6.07, 6.45) is 5.60. The largest absolute Gasteiger partial charge is 0.355 e. The number of guanidine groups is 1. The fraction of sp³-hybridized carbons (Fsp3) is 0.889. The highest BCUT2D eigenvalue weighted by Gasteiger charge is 2.42. The molecule has 3 aliphatic heterocycles. The summed E-state index contributed by atoms with van der Waals surface area (Å²) < 4.78 is 0. The average molecular weight is 463 g/mol. The van der Waals surface area contributed by atoms with E-state index in [1.807, 2.05) is 7.05 Å². The van der Waals surface area contributed by atoms with Crippen LogP contribution >= 0.6 is 24.0 Å². The smallest absolute Gasteiger partial charge is 0.220 e. The number of amides is 1. The molecule has 2 N–H and O–H groups in total. The Morgan fingerprint density at radius 1 is 1.36 bits per heavy atom. The summed E-state index contributed by atoms with van der Waals surface area (Å²) in [6, 6.07) is 0. The van der Waals surface area contributed by atoms with Crippen LogP contribution in [0.2, 0.25) is 0 Å². The van der Waals surface area contributed by atoms with Crippen molar-refractivity contribution in [1.82, 2.24) is 20.4 Å². The van der Waals surface area contributed by atoms with Crippen LogP contribution in [0.3, 0.4) is 0 Å². The van der Waals surface area contributed by atoms with Gasteiger partial charge in [0.1, 0.15) is 0 Å². The van der Waals surface area contributed by atoms with E-state index in [-0.39, 0.29) is 35.3 Å². The molecule has 3 rings (SSSR count). The minimum absolute atomic E-state index is 0. The van der Waals surface area contributed by atoms with Crippen LogP contribution in [0.15, 0.2) is 4.99 Å². The summed E-state index contributed by atoms with van der Waals surface area (Å²) in [5, 5.41) is 6.56. The first-order chi connectivity index (χ1) is 11.6. The number of nitrogens with zero attached hydrogens (tertiary/aromatic N) is 3. The lowest BCUT2D eigenvalue weighted by atomic mass is 9.79. The van der Waals surface area contributed by atoms with Crippen molar-refractivity contribution in [2.75, 3.05) is 52.9 Å². The van der Waals surface area contributed by atoms with Crippen molar-refractivity contribution >= 4 is 35.8 Å². The normalized spacial score (nSPS) is 28.8.